The van der Waals surface area contributed by atoms with E-state index < -0.39 is 15.9 Å². The summed E-state index contributed by atoms with van der Waals surface area (Å²) in [5.41, 5.74) is 2.90. The van der Waals surface area contributed by atoms with Crippen LogP contribution in [0.4, 0.5) is 11.4 Å². The molecule has 0 spiro atoms. The van der Waals surface area contributed by atoms with Crippen molar-refractivity contribution in [2.75, 3.05) is 10.0 Å². The van der Waals surface area contributed by atoms with Gasteiger partial charge in [-0.05, 0) is 60.4 Å². The molecular formula is C21H18N2O4S. The fourth-order valence-electron chi connectivity index (χ4n) is 3.10. The van der Waals surface area contributed by atoms with Crippen LogP contribution in [0, 0.1) is 0 Å². The first-order valence-corrected chi connectivity index (χ1v) is 10.3. The number of sulfonamides is 1. The van der Waals surface area contributed by atoms with Crippen molar-refractivity contribution >= 4 is 33.4 Å². The van der Waals surface area contributed by atoms with Crippen LogP contribution in [0.3, 0.4) is 0 Å². The number of rotatable bonds is 5. The largest absolute Gasteiger partial charge is 0.459 e. The van der Waals surface area contributed by atoms with E-state index in [1.165, 1.54) is 6.26 Å². The molecule has 3 aromatic rings. The van der Waals surface area contributed by atoms with Gasteiger partial charge in [-0.25, -0.2) is 8.42 Å². The Balaban J connectivity index is 1.53. The molecule has 7 heteroatoms. The van der Waals surface area contributed by atoms with Crippen LogP contribution in [-0.4, -0.2) is 14.3 Å². The average molecular weight is 394 g/mol. The molecule has 0 aliphatic heterocycles. The van der Waals surface area contributed by atoms with Gasteiger partial charge in [-0.1, -0.05) is 30.3 Å². The molecule has 0 radical (unpaired) electrons. The Morgan fingerprint density at radius 1 is 0.929 bits per heavy atom. The average Bonchev–Trinajstić information content (AvgIpc) is 3.22. The molecule has 28 heavy (non-hydrogen) atoms. The fraction of sp³-hybridized carbons (Fsp3) is 0.0952. The normalized spacial score (nSPS) is 13.4. The summed E-state index contributed by atoms with van der Waals surface area (Å²) in [7, 11) is -3.69. The van der Waals surface area contributed by atoms with Crippen molar-refractivity contribution in [1.82, 2.24) is 0 Å². The smallest absolute Gasteiger partial charge is 0.291 e. The lowest BCUT2D eigenvalue weighted by Gasteiger charge is -2.17. The van der Waals surface area contributed by atoms with Crippen molar-refractivity contribution in [2.24, 2.45) is 0 Å². The van der Waals surface area contributed by atoms with Gasteiger partial charge in [-0.2, -0.15) is 0 Å². The molecule has 0 saturated heterocycles. The second kappa shape index (κ2) is 7.36. The number of carbonyl (C=O) groups is 1. The maximum atomic E-state index is 12.8. The van der Waals surface area contributed by atoms with Crippen LogP contribution in [0.15, 0.2) is 76.2 Å². The molecule has 0 unspecified atom stereocenters. The number of carbonyl (C=O) groups excluding carboxylic acids is 1. The summed E-state index contributed by atoms with van der Waals surface area (Å²) in [5, 5.41) is 2.68. The Morgan fingerprint density at radius 2 is 1.75 bits per heavy atom. The van der Waals surface area contributed by atoms with Gasteiger partial charge in [0.25, 0.3) is 15.9 Å². The van der Waals surface area contributed by atoms with E-state index in [1.807, 2.05) is 24.3 Å². The van der Waals surface area contributed by atoms with Crippen molar-refractivity contribution < 1.29 is 17.6 Å². The lowest BCUT2D eigenvalue weighted by molar-refractivity contribution is 0.0996. The standard InChI is InChI=1S/C21H18N2O4S/c24-21(20-9-4-12-27-20)22-17-7-3-8-18(14-17)23-28(25,26)19-11-10-15-5-1-2-6-16(15)13-19/h1-9,12-14,23H,10-11H2,(H,22,24). The quantitative estimate of drug-likeness (QED) is 0.677. The number of hydrogen-bond acceptors (Lipinski definition) is 4. The topological polar surface area (TPSA) is 88.4 Å². The number of aryl methyl sites for hydroxylation is 1. The molecule has 2 aromatic carbocycles. The predicted octanol–water partition coefficient (Wildman–Crippen LogP) is 4.26. The molecule has 0 bridgehead atoms. The van der Waals surface area contributed by atoms with E-state index in [4.69, 9.17) is 4.42 Å². The van der Waals surface area contributed by atoms with E-state index in [1.54, 1.807) is 42.5 Å². The Bertz CT molecular complexity index is 1150. The molecule has 1 amide bonds. The van der Waals surface area contributed by atoms with Crippen LogP contribution in [0.2, 0.25) is 0 Å². The van der Waals surface area contributed by atoms with Crippen molar-refractivity contribution in [2.45, 2.75) is 12.8 Å². The van der Waals surface area contributed by atoms with Gasteiger partial charge in [0.1, 0.15) is 0 Å². The molecule has 0 atom stereocenters. The van der Waals surface area contributed by atoms with E-state index in [-0.39, 0.29) is 5.76 Å². The molecule has 0 fully saturated rings. The van der Waals surface area contributed by atoms with E-state index in [9.17, 15) is 13.2 Å². The van der Waals surface area contributed by atoms with Gasteiger partial charge in [0, 0.05) is 5.69 Å². The van der Waals surface area contributed by atoms with Gasteiger partial charge in [-0.15, -0.1) is 0 Å². The van der Waals surface area contributed by atoms with Gasteiger partial charge in [0.15, 0.2) is 5.76 Å². The minimum absolute atomic E-state index is 0.178. The van der Waals surface area contributed by atoms with Crippen LogP contribution >= 0.6 is 0 Å². The van der Waals surface area contributed by atoms with Crippen LogP contribution in [-0.2, 0) is 16.4 Å². The molecule has 1 heterocycles. The third-order valence-corrected chi connectivity index (χ3v) is 5.99. The summed E-state index contributed by atoms with van der Waals surface area (Å²) in [6.45, 7) is 0. The predicted molar refractivity (Wildman–Crippen MR) is 108 cm³/mol. The highest BCUT2D eigenvalue weighted by Gasteiger charge is 2.22. The number of hydrogen-bond donors (Lipinski definition) is 2. The van der Waals surface area contributed by atoms with Crippen LogP contribution in [0.25, 0.3) is 6.08 Å². The Kier molecular flexibility index (Phi) is 4.75. The molecule has 0 saturated carbocycles. The Labute approximate surface area is 162 Å². The molecule has 1 aliphatic rings. The molecule has 1 aliphatic carbocycles. The molecular weight excluding hydrogens is 376 g/mol. The van der Waals surface area contributed by atoms with Crippen molar-refractivity contribution in [3.63, 3.8) is 0 Å². The molecule has 4 rings (SSSR count). The first-order chi connectivity index (χ1) is 13.5. The summed E-state index contributed by atoms with van der Waals surface area (Å²) >= 11 is 0. The maximum Gasteiger partial charge on any atom is 0.291 e. The third-order valence-electron chi connectivity index (χ3n) is 4.48. The Morgan fingerprint density at radius 3 is 2.57 bits per heavy atom. The highest BCUT2D eigenvalue weighted by Crippen LogP contribution is 2.28. The Hall–Kier alpha value is -3.32. The van der Waals surface area contributed by atoms with E-state index >= 15 is 0 Å². The summed E-state index contributed by atoms with van der Waals surface area (Å²) < 4.78 is 33.3. The number of nitrogens with one attached hydrogen (secondary N) is 2. The van der Waals surface area contributed by atoms with Crippen molar-refractivity contribution in [3.05, 3.63) is 88.7 Å². The lowest BCUT2D eigenvalue weighted by atomic mass is 9.98. The van der Waals surface area contributed by atoms with E-state index in [0.29, 0.717) is 29.1 Å². The first kappa shape index (κ1) is 18.1. The third kappa shape index (κ3) is 3.84. The summed E-state index contributed by atoms with van der Waals surface area (Å²) in [6.07, 6.45) is 4.25. The second-order valence-corrected chi connectivity index (χ2v) is 8.16. The summed E-state index contributed by atoms with van der Waals surface area (Å²) in [6, 6.07) is 17.5. The van der Waals surface area contributed by atoms with Gasteiger partial charge >= 0.3 is 0 Å². The molecule has 142 valence electrons. The maximum absolute atomic E-state index is 12.8. The number of fused-ring (bicyclic) bond motifs is 1. The zero-order valence-electron chi connectivity index (χ0n) is 14.9. The summed E-state index contributed by atoms with van der Waals surface area (Å²) in [5.74, 6) is -0.228. The molecule has 2 N–H and O–H groups in total. The van der Waals surface area contributed by atoms with Gasteiger partial charge < -0.3 is 9.73 Å². The lowest BCUT2D eigenvalue weighted by Crippen LogP contribution is -2.17. The van der Waals surface area contributed by atoms with Crippen LogP contribution in [0.5, 0.6) is 0 Å². The number of furan rings is 1. The minimum Gasteiger partial charge on any atom is -0.459 e. The zero-order valence-corrected chi connectivity index (χ0v) is 15.7. The van der Waals surface area contributed by atoms with Crippen LogP contribution < -0.4 is 10.0 Å². The number of benzene rings is 2. The second-order valence-electron chi connectivity index (χ2n) is 6.43. The molecule has 6 nitrogen and oxygen atoms in total. The number of anilines is 2. The number of amides is 1. The van der Waals surface area contributed by atoms with Crippen molar-refractivity contribution in [1.29, 1.82) is 0 Å². The minimum atomic E-state index is -3.69. The zero-order chi connectivity index (χ0) is 19.6. The van der Waals surface area contributed by atoms with E-state index in [2.05, 4.69) is 10.0 Å². The summed E-state index contributed by atoms with van der Waals surface area (Å²) in [4.78, 5) is 12.4. The van der Waals surface area contributed by atoms with Gasteiger partial charge in [0.2, 0.25) is 0 Å². The first-order valence-electron chi connectivity index (χ1n) is 8.77. The highest BCUT2D eigenvalue weighted by molar-refractivity contribution is 7.96. The van der Waals surface area contributed by atoms with Crippen molar-refractivity contribution in [3.8, 4) is 0 Å². The van der Waals surface area contributed by atoms with Gasteiger partial charge in [-0.3, -0.25) is 9.52 Å². The monoisotopic (exact) mass is 394 g/mol. The van der Waals surface area contributed by atoms with Gasteiger partial charge in [0.05, 0.1) is 16.9 Å². The molecule has 1 aromatic heterocycles. The van der Waals surface area contributed by atoms with Crippen LogP contribution in [0.1, 0.15) is 28.1 Å². The van der Waals surface area contributed by atoms with E-state index in [0.717, 1.165) is 11.1 Å². The fourth-order valence-corrected chi connectivity index (χ4v) is 4.32. The SMILES string of the molecule is O=C(Nc1cccc(NS(=O)(=O)C2=Cc3ccccc3CC2)c1)c1ccco1. The highest BCUT2D eigenvalue weighted by atomic mass is 32.2. The number of allylic oxidation sites excluding steroid dienone is 1.